The number of cyclic esters (lactones) is 1. The largest absolute Gasteiger partial charge is 0.459 e. The average Bonchev–Trinajstić information content (AvgIpc) is 3.44. The van der Waals surface area contributed by atoms with E-state index in [1.165, 1.54) is 0 Å². The van der Waals surface area contributed by atoms with Crippen molar-refractivity contribution in [1.29, 1.82) is 0 Å². The van der Waals surface area contributed by atoms with Crippen LogP contribution in [0.3, 0.4) is 0 Å². The van der Waals surface area contributed by atoms with Gasteiger partial charge >= 0.3 is 11.9 Å². The highest BCUT2D eigenvalue weighted by Crippen LogP contribution is 2.62. The first-order valence-electron chi connectivity index (χ1n) is 14.6. The van der Waals surface area contributed by atoms with Crippen LogP contribution in [0.25, 0.3) is 0 Å². The molecule has 9 nitrogen and oxygen atoms in total. The van der Waals surface area contributed by atoms with Crippen molar-refractivity contribution in [3.63, 3.8) is 0 Å². The molecule has 1 aromatic heterocycles. The Labute approximate surface area is 235 Å². The zero-order chi connectivity index (χ0) is 28.9. The van der Waals surface area contributed by atoms with Gasteiger partial charge < -0.3 is 34.1 Å². The lowest BCUT2D eigenvalue weighted by Crippen LogP contribution is -2.59. The molecule has 3 N–H and O–H groups in total. The number of aryl methyl sites for hydroxylation is 1. The number of carbonyl (C=O) groups is 2. The Morgan fingerprint density at radius 1 is 1.23 bits per heavy atom. The molecule has 1 saturated carbocycles. The maximum Gasteiger partial charge on any atom is 0.355 e. The summed E-state index contributed by atoms with van der Waals surface area (Å²) in [4.78, 5) is 29.9. The van der Waals surface area contributed by atoms with E-state index in [2.05, 4.69) is 4.98 Å². The van der Waals surface area contributed by atoms with Crippen molar-refractivity contribution < 1.29 is 38.7 Å². The summed E-state index contributed by atoms with van der Waals surface area (Å²) >= 11 is 0. The summed E-state index contributed by atoms with van der Waals surface area (Å²) in [6, 6.07) is 3.48. The van der Waals surface area contributed by atoms with E-state index in [-0.39, 0.29) is 30.3 Å². The summed E-state index contributed by atoms with van der Waals surface area (Å²) < 4.78 is 24.7. The smallest absolute Gasteiger partial charge is 0.355 e. The van der Waals surface area contributed by atoms with Crippen LogP contribution in [0.15, 0.2) is 35.9 Å². The number of rotatable bonds is 7. The Balaban J connectivity index is 1.61. The van der Waals surface area contributed by atoms with Crippen molar-refractivity contribution in [2.24, 2.45) is 35.5 Å². The predicted molar refractivity (Wildman–Crippen MR) is 146 cm³/mol. The van der Waals surface area contributed by atoms with Crippen LogP contribution >= 0.6 is 0 Å². The first kappa shape index (κ1) is 29.0. The number of nitrogens with one attached hydrogen (secondary N) is 1. The molecule has 4 aliphatic rings. The Morgan fingerprint density at radius 3 is 2.60 bits per heavy atom. The molecule has 3 heterocycles. The van der Waals surface area contributed by atoms with Gasteiger partial charge in [-0.2, -0.15) is 0 Å². The Kier molecular flexibility index (Phi) is 8.05. The van der Waals surface area contributed by atoms with Crippen molar-refractivity contribution in [2.75, 3.05) is 13.7 Å². The summed E-state index contributed by atoms with van der Waals surface area (Å²) in [5.74, 6) is -3.27. The number of hydrogen-bond donors (Lipinski definition) is 3. The number of aromatic amines is 1. The van der Waals surface area contributed by atoms with Crippen molar-refractivity contribution in [3.8, 4) is 0 Å². The van der Waals surface area contributed by atoms with Crippen molar-refractivity contribution in [1.82, 2.24) is 4.98 Å². The first-order chi connectivity index (χ1) is 19.1. The van der Waals surface area contributed by atoms with E-state index in [1.54, 1.807) is 19.2 Å². The number of aliphatic hydroxyl groups excluding tert-OH is 2. The molecule has 12 atom stereocenters. The number of ether oxygens (including phenoxy) is 4. The van der Waals surface area contributed by atoms with Crippen LogP contribution < -0.4 is 0 Å². The second-order valence-corrected chi connectivity index (χ2v) is 12.0. The van der Waals surface area contributed by atoms with Gasteiger partial charge in [-0.3, -0.25) is 4.79 Å². The highest BCUT2D eigenvalue weighted by atomic mass is 16.6. The van der Waals surface area contributed by atoms with Crippen LogP contribution in [0.5, 0.6) is 0 Å². The van der Waals surface area contributed by atoms with Gasteiger partial charge in [0.15, 0.2) is 0 Å². The molecule has 1 aromatic rings. The van der Waals surface area contributed by atoms with Crippen LogP contribution in [0.2, 0.25) is 0 Å². The molecule has 2 fully saturated rings. The number of H-pyrrole nitrogens is 1. The minimum atomic E-state index is -1.01. The topological polar surface area (TPSA) is 127 Å². The molecule has 1 spiro atoms. The SMILES string of the molecule is CC[C@@H](O)[C@H]1OC(=O)[C@H](CC)[C@H]2C=C[C@H]3[C@H]4O[C@]2(/C(C)=C/[C@H]1C)[C@@H]3[C@H](O)[C@@H](COC)[C@H]4OC(=O)c1ccc(C)[nH]1. The molecule has 2 aliphatic heterocycles. The second-order valence-electron chi connectivity index (χ2n) is 12.0. The van der Waals surface area contributed by atoms with Crippen molar-refractivity contribution in [3.05, 3.63) is 47.3 Å². The molecular formula is C31H43NO8. The molecule has 0 aromatic carbocycles. The summed E-state index contributed by atoms with van der Waals surface area (Å²) in [5.41, 5.74) is 1.05. The van der Waals surface area contributed by atoms with Crippen LogP contribution in [-0.2, 0) is 23.7 Å². The lowest BCUT2D eigenvalue weighted by Gasteiger charge is -2.49. The zero-order valence-electron chi connectivity index (χ0n) is 24.2. The van der Waals surface area contributed by atoms with Gasteiger partial charge in [0.2, 0.25) is 0 Å². The number of carbonyl (C=O) groups excluding carboxylic acids is 2. The monoisotopic (exact) mass is 557 g/mol. The normalized spacial score (nSPS) is 42.5. The van der Waals surface area contributed by atoms with E-state index in [0.717, 1.165) is 11.3 Å². The molecule has 0 unspecified atom stereocenters. The number of methoxy groups -OCH3 is 1. The van der Waals surface area contributed by atoms with E-state index >= 15 is 0 Å². The van der Waals surface area contributed by atoms with E-state index in [4.69, 9.17) is 18.9 Å². The lowest BCUT2D eigenvalue weighted by molar-refractivity contribution is -0.168. The van der Waals surface area contributed by atoms with Crippen LogP contribution in [-0.4, -0.2) is 77.0 Å². The van der Waals surface area contributed by atoms with Gasteiger partial charge in [0, 0.05) is 42.4 Å². The first-order valence-corrected chi connectivity index (χ1v) is 14.6. The molecule has 1 saturated heterocycles. The van der Waals surface area contributed by atoms with E-state index < -0.39 is 59.8 Å². The highest BCUT2D eigenvalue weighted by Gasteiger charge is 2.70. The van der Waals surface area contributed by atoms with Gasteiger partial charge in [-0.05, 0) is 44.4 Å². The zero-order valence-corrected chi connectivity index (χ0v) is 24.2. The third-order valence-corrected chi connectivity index (χ3v) is 9.74. The Morgan fingerprint density at radius 2 is 1.98 bits per heavy atom. The van der Waals surface area contributed by atoms with Crippen molar-refractivity contribution >= 4 is 11.9 Å². The number of aliphatic hydroxyl groups is 2. The van der Waals surface area contributed by atoms with Crippen LogP contribution in [0, 0.1) is 42.4 Å². The van der Waals surface area contributed by atoms with Crippen LogP contribution in [0.1, 0.15) is 56.7 Å². The molecule has 40 heavy (non-hydrogen) atoms. The molecule has 0 amide bonds. The van der Waals surface area contributed by atoms with E-state index in [0.29, 0.717) is 18.5 Å². The summed E-state index contributed by atoms with van der Waals surface area (Å²) in [5, 5.41) is 22.8. The molecule has 9 heteroatoms. The van der Waals surface area contributed by atoms with Gasteiger partial charge in [0.1, 0.15) is 29.6 Å². The fourth-order valence-corrected chi connectivity index (χ4v) is 7.84. The fourth-order valence-electron chi connectivity index (χ4n) is 7.84. The van der Waals surface area contributed by atoms with Crippen molar-refractivity contribution in [2.45, 2.75) is 83.6 Å². The third kappa shape index (κ3) is 4.46. The Bertz CT molecular complexity index is 1170. The average molecular weight is 558 g/mol. The van der Waals surface area contributed by atoms with Gasteiger partial charge in [-0.15, -0.1) is 0 Å². The molecule has 4 bridgehead atoms. The number of aromatic nitrogens is 1. The summed E-state index contributed by atoms with van der Waals surface area (Å²) in [6.45, 7) is 9.77. The molecule has 5 rings (SSSR count). The number of hydrogen-bond acceptors (Lipinski definition) is 8. The second kappa shape index (κ2) is 11.1. The highest BCUT2D eigenvalue weighted by molar-refractivity contribution is 5.87. The molecular weight excluding hydrogens is 514 g/mol. The van der Waals surface area contributed by atoms with Gasteiger partial charge in [-0.1, -0.05) is 39.0 Å². The summed E-state index contributed by atoms with van der Waals surface area (Å²) in [6.07, 6.45) is 3.31. The maximum absolute atomic E-state index is 13.7. The standard InChI is InChI=1S/C31H43NO8/c1-7-18-21-11-10-19-24-25(34)20(14-37-6)27(39-30(36)22-12-9-17(5)32-22)28(19)40-31(21,24)16(4)13-15(3)26(23(33)8-2)38-29(18)35/h9-13,15,18-21,23-28,32-34H,7-8,14H2,1-6H3/b16-13+/t15-,18-,19-,20-,21-,23-,24+,25-,26+,27-,28-,31+/m1/s1. The maximum atomic E-state index is 13.7. The fraction of sp³-hybridized carbons (Fsp3) is 0.677. The van der Waals surface area contributed by atoms with Crippen LogP contribution in [0.4, 0.5) is 0 Å². The quantitative estimate of drug-likeness (QED) is 0.344. The van der Waals surface area contributed by atoms with E-state index in [9.17, 15) is 19.8 Å². The minimum absolute atomic E-state index is 0.180. The van der Waals surface area contributed by atoms with E-state index in [1.807, 2.05) is 52.8 Å². The van der Waals surface area contributed by atoms with Gasteiger partial charge in [-0.25, -0.2) is 4.79 Å². The molecule has 2 aliphatic carbocycles. The molecule has 220 valence electrons. The van der Waals surface area contributed by atoms with Gasteiger partial charge in [0.05, 0.1) is 24.7 Å². The predicted octanol–water partition coefficient (Wildman–Crippen LogP) is 3.35. The van der Waals surface area contributed by atoms with Gasteiger partial charge in [0.25, 0.3) is 0 Å². The Hall–Kier alpha value is -2.46. The lowest BCUT2D eigenvalue weighted by atomic mass is 9.56. The third-order valence-electron chi connectivity index (χ3n) is 9.74. The number of esters is 2. The minimum Gasteiger partial charge on any atom is -0.459 e. The molecule has 0 radical (unpaired) electrons. The summed E-state index contributed by atoms with van der Waals surface area (Å²) in [7, 11) is 1.56.